The van der Waals surface area contributed by atoms with Gasteiger partial charge < -0.3 is 24.9 Å². The van der Waals surface area contributed by atoms with Crippen LogP contribution in [0.1, 0.15) is 43.7 Å². The smallest absolute Gasteiger partial charge is 0.173 e. The molecule has 0 unspecified atom stereocenters. The van der Waals surface area contributed by atoms with Crippen molar-refractivity contribution >= 4 is 29.0 Å². The van der Waals surface area contributed by atoms with Gasteiger partial charge in [-0.15, -0.1) is 0 Å². The summed E-state index contributed by atoms with van der Waals surface area (Å²) >= 11 is 5.83. The molecule has 0 aromatic heterocycles. The van der Waals surface area contributed by atoms with Crippen molar-refractivity contribution in [2.24, 2.45) is 11.8 Å². The number of carbonyl (C=O) groups is 1. The van der Waals surface area contributed by atoms with E-state index in [1.807, 2.05) is 24.3 Å². The number of ether oxygens (including phenoxy) is 1. The fourth-order valence-corrected chi connectivity index (χ4v) is 4.46. The van der Waals surface area contributed by atoms with Gasteiger partial charge in [0.05, 0.1) is 7.11 Å². The number of carboxylic acids is 1. The number of nitrogens with one attached hydrogen (secondary N) is 1. The lowest BCUT2D eigenvalue weighted by Crippen LogP contribution is -2.40. The van der Waals surface area contributed by atoms with Crippen LogP contribution in [0.3, 0.4) is 0 Å². The second-order valence-electron chi connectivity index (χ2n) is 8.21. The average molecular weight is 440 g/mol. The predicted molar refractivity (Wildman–Crippen MR) is 126 cm³/mol. The van der Waals surface area contributed by atoms with Crippen molar-refractivity contribution in [1.82, 2.24) is 4.90 Å². The minimum atomic E-state index is -0.915. The molecule has 6 heteroatoms. The Hall–Kier alpha value is -2.60. The van der Waals surface area contributed by atoms with Gasteiger partial charge in [0.15, 0.2) is 5.11 Å². The van der Waals surface area contributed by atoms with E-state index in [0.717, 1.165) is 42.8 Å². The molecule has 2 aromatic carbocycles. The first kappa shape index (κ1) is 23.1. The highest BCUT2D eigenvalue weighted by atomic mass is 32.1. The lowest BCUT2D eigenvalue weighted by Gasteiger charge is -2.34. The van der Waals surface area contributed by atoms with Gasteiger partial charge in [0.2, 0.25) is 0 Å². The molecule has 3 rings (SSSR count). The first-order chi connectivity index (χ1) is 15.0. The Morgan fingerprint density at radius 3 is 2.42 bits per heavy atom. The summed E-state index contributed by atoms with van der Waals surface area (Å²) in [6.07, 6.45) is 4.06. The molecule has 0 bridgehead atoms. The average Bonchev–Trinajstić information content (AvgIpc) is 2.79. The molecule has 2 aromatic rings. The van der Waals surface area contributed by atoms with Crippen LogP contribution < -0.4 is 15.2 Å². The van der Waals surface area contributed by atoms with Gasteiger partial charge in [-0.2, -0.15) is 0 Å². The predicted octanol–water partition coefficient (Wildman–Crippen LogP) is 4.01. The number of carboxylic acid groups (broad SMARTS) is 1. The van der Waals surface area contributed by atoms with E-state index in [9.17, 15) is 9.90 Å². The number of aliphatic carboxylic acids is 1. The molecule has 1 aliphatic carbocycles. The van der Waals surface area contributed by atoms with Crippen LogP contribution in [0, 0.1) is 11.8 Å². The number of para-hydroxylation sites is 1. The number of benzene rings is 2. The lowest BCUT2D eigenvalue weighted by molar-refractivity contribution is -0.312. The Kier molecular flexibility index (Phi) is 8.29. The number of anilines is 1. The van der Waals surface area contributed by atoms with Gasteiger partial charge in [0.1, 0.15) is 5.75 Å². The minimum Gasteiger partial charge on any atom is -0.550 e. The molecule has 5 nitrogen and oxygen atoms in total. The van der Waals surface area contributed by atoms with Crippen molar-refractivity contribution in [1.29, 1.82) is 0 Å². The zero-order valence-corrected chi connectivity index (χ0v) is 19.1. The van der Waals surface area contributed by atoms with Crippen molar-refractivity contribution in [2.45, 2.75) is 45.6 Å². The van der Waals surface area contributed by atoms with Crippen LogP contribution in [0.5, 0.6) is 5.75 Å². The van der Waals surface area contributed by atoms with Crippen LogP contribution in [-0.2, 0) is 17.8 Å². The van der Waals surface area contributed by atoms with E-state index in [0.29, 0.717) is 30.4 Å². The van der Waals surface area contributed by atoms with Crippen molar-refractivity contribution in [3.63, 3.8) is 0 Å². The van der Waals surface area contributed by atoms with E-state index >= 15 is 0 Å². The molecule has 1 N–H and O–H groups in total. The first-order valence-corrected chi connectivity index (χ1v) is 11.4. The molecule has 0 atom stereocenters. The normalized spacial score (nSPS) is 18.3. The van der Waals surface area contributed by atoms with Crippen molar-refractivity contribution in [2.75, 3.05) is 19.0 Å². The summed E-state index contributed by atoms with van der Waals surface area (Å²) in [5, 5.41) is 15.3. The fraction of sp³-hybridized carbons (Fsp3) is 0.440. The zero-order chi connectivity index (χ0) is 22.2. The maximum atomic E-state index is 11.2. The van der Waals surface area contributed by atoms with Crippen LogP contribution >= 0.6 is 12.2 Å². The van der Waals surface area contributed by atoms with Gasteiger partial charge in [-0.25, -0.2) is 0 Å². The molecule has 31 heavy (non-hydrogen) atoms. The minimum absolute atomic E-state index is 0.312. The molecule has 0 spiro atoms. The summed E-state index contributed by atoms with van der Waals surface area (Å²) in [6, 6.07) is 16.3. The monoisotopic (exact) mass is 439 g/mol. The third-order valence-electron chi connectivity index (χ3n) is 6.12. The maximum absolute atomic E-state index is 11.2. The second-order valence-corrected chi connectivity index (χ2v) is 8.59. The summed E-state index contributed by atoms with van der Waals surface area (Å²) in [5.41, 5.74) is 3.41. The Balaban J connectivity index is 1.72. The molecular formula is C25H31N2O3S-. The third-order valence-corrected chi connectivity index (χ3v) is 6.48. The first-order valence-electron chi connectivity index (χ1n) is 11.0. The molecule has 0 radical (unpaired) electrons. The number of hydrogen-bond acceptors (Lipinski definition) is 4. The number of nitrogens with zero attached hydrogens (tertiary/aromatic N) is 1. The van der Waals surface area contributed by atoms with Crippen molar-refractivity contribution in [3.8, 4) is 5.75 Å². The van der Waals surface area contributed by atoms with Gasteiger partial charge >= 0.3 is 0 Å². The lowest BCUT2D eigenvalue weighted by atomic mass is 9.82. The molecule has 0 aliphatic heterocycles. The molecule has 1 saturated carbocycles. The second kappa shape index (κ2) is 11.1. The number of methoxy groups -OCH3 is 1. The molecule has 0 heterocycles. The van der Waals surface area contributed by atoms with Gasteiger partial charge in [-0.05, 0) is 85.5 Å². The Morgan fingerprint density at radius 2 is 1.81 bits per heavy atom. The van der Waals surface area contributed by atoms with Crippen LogP contribution in [0.2, 0.25) is 0 Å². The molecular weight excluding hydrogens is 408 g/mol. The largest absolute Gasteiger partial charge is 0.550 e. The summed E-state index contributed by atoms with van der Waals surface area (Å²) in [4.78, 5) is 13.4. The Morgan fingerprint density at radius 1 is 1.13 bits per heavy atom. The molecule has 1 aliphatic rings. The number of rotatable bonds is 8. The van der Waals surface area contributed by atoms with Gasteiger partial charge in [-0.3, -0.25) is 0 Å². The molecule has 0 amide bonds. The Labute approximate surface area is 190 Å². The molecule has 0 saturated heterocycles. The highest BCUT2D eigenvalue weighted by Crippen LogP contribution is 2.30. The van der Waals surface area contributed by atoms with E-state index in [4.69, 9.17) is 17.0 Å². The number of carbonyl (C=O) groups excluding carboxylic acids is 1. The van der Waals surface area contributed by atoms with Crippen molar-refractivity contribution < 1.29 is 14.6 Å². The fourth-order valence-electron chi connectivity index (χ4n) is 4.21. The highest BCUT2D eigenvalue weighted by molar-refractivity contribution is 7.80. The Bertz CT molecular complexity index is 877. The van der Waals surface area contributed by atoms with Crippen LogP contribution in [0.15, 0.2) is 48.5 Å². The third kappa shape index (κ3) is 6.44. The van der Waals surface area contributed by atoms with Gasteiger partial charge in [0, 0.05) is 24.7 Å². The van der Waals surface area contributed by atoms with E-state index in [-0.39, 0.29) is 5.92 Å². The van der Waals surface area contributed by atoms with E-state index < -0.39 is 5.97 Å². The summed E-state index contributed by atoms with van der Waals surface area (Å²) in [5.74, 6) is 0.0122. The van der Waals surface area contributed by atoms with Crippen LogP contribution in [0.4, 0.5) is 5.69 Å². The van der Waals surface area contributed by atoms with Crippen LogP contribution in [-0.4, -0.2) is 29.6 Å². The summed E-state index contributed by atoms with van der Waals surface area (Å²) in [7, 11) is 1.66. The number of aryl methyl sites for hydroxylation is 1. The van der Waals surface area contributed by atoms with E-state index in [2.05, 4.69) is 41.4 Å². The maximum Gasteiger partial charge on any atom is 0.173 e. The zero-order valence-electron chi connectivity index (χ0n) is 18.3. The standard InChI is InChI=1S/C25H32N2O3S/c1-3-20-6-4-5-7-23(20)26-25(31)27(17-19-10-14-22(30-2)15-11-19)16-18-8-12-21(13-9-18)24(28)29/h4-7,10-11,14-15,18,21H,3,8-9,12-13,16-17H2,1-2H3,(H,26,31)(H,28,29)/p-1. The summed E-state index contributed by atoms with van der Waals surface area (Å²) < 4.78 is 5.27. The summed E-state index contributed by atoms with van der Waals surface area (Å²) in [6.45, 7) is 3.62. The molecule has 1 fully saturated rings. The van der Waals surface area contributed by atoms with E-state index in [1.54, 1.807) is 7.11 Å². The topological polar surface area (TPSA) is 64.6 Å². The quantitative estimate of drug-likeness (QED) is 0.627. The highest BCUT2D eigenvalue weighted by Gasteiger charge is 2.25. The van der Waals surface area contributed by atoms with Gasteiger partial charge in [0.25, 0.3) is 0 Å². The van der Waals surface area contributed by atoms with Crippen LogP contribution in [0.25, 0.3) is 0 Å². The van der Waals surface area contributed by atoms with Gasteiger partial charge in [-0.1, -0.05) is 37.3 Å². The molecule has 166 valence electrons. The SMILES string of the molecule is CCc1ccccc1NC(=S)N(Cc1ccc(OC)cc1)CC1CCC(C(=O)[O-])CC1. The van der Waals surface area contributed by atoms with Crippen molar-refractivity contribution in [3.05, 3.63) is 59.7 Å². The number of thiocarbonyl (C=S) groups is 1. The van der Waals surface area contributed by atoms with E-state index in [1.165, 1.54) is 5.56 Å². The number of hydrogen-bond donors (Lipinski definition) is 1.